The number of sulfonamides is 1. The smallest absolute Gasteiger partial charge is 0.354 e. The maximum Gasteiger partial charge on any atom is 0.368 e. The number of anilines is 1. The van der Waals surface area contributed by atoms with E-state index < -0.39 is 10.0 Å². The van der Waals surface area contributed by atoms with Crippen LogP contribution in [0.5, 0.6) is 0 Å². The zero-order valence-corrected chi connectivity index (χ0v) is 25.3. The number of fused-ring (bicyclic) bond motifs is 1. The molecule has 0 bridgehead atoms. The number of hydrogen-bond acceptors (Lipinski definition) is 6. The highest BCUT2D eigenvalue weighted by atomic mass is 32.2. The molecule has 5 aromatic rings. The van der Waals surface area contributed by atoms with E-state index in [1.807, 2.05) is 30.3 Å². The van der Waals surface area contributed by atoms with Gasteiger partial charge in [0.1, 0.15) is 0 Å². The molecule has 0 radical (unpaired) electrons. The standard InChI is InChI=1S/C31H37N7O3S/c1-21-17-22(2)19-24(18-21)30-27(28-20-26(12-13-29(28)33-30)38-31(39)37(3)35-36-38)14-16-32-15-6-5-7-23-8-10-25(11-9-23)34-42(4,40)41/h8-13,17-20,32-34H,5-7,14-16H2,1-4H3. The van der Waals surface area contributed by atoms with Gasteiger partial charge in [-0.3, -0.25) is 4.72 Å². The molecule has 0 aliphatic rings. The second kappa shape index (κ2) is 12.3. The summed E-state index contributed by atoms with van der Waals surface area (Å²) in [6.07, 6.45) is 4.96. The second-order valence-electron chi connectivity index (χ2n) is 10.9. The number of unbranched alkanes of at least 4 members (excludes halogenated alkanes) is 1. The van der Waals surface area contributed by atoms with Gasteiger partial charge in [-0.2, -0.15) is 9.36 Å². The highest BCUT2D eigenvalue weighted by Crippen LogP contribution is 2.33. The molecule has 0 saturated carbocycles. The summed E-state index contributed by atoms with van der Waals surface area (Å²) in [6, 6.07) is 20.0. The molecule has 0 saturated heterocycles. The van der Waals surface area contributed by atoms with Crippen molar-refractivity contribution in [2.45, 2.75) is 39.5 Å². The van der Waals surface area contributed by atoms with Crippen molar-refractivity contribution in [2.75, 3.05) is 24.1 Å². The van der Waals surface area contributed by atoms with Gasteiger partial charge < -0.3 is 10.3 Å². The van der Waals surface area contributed by atoms with Crippen LogP contribution in [0.25, 0.3) is 27.8 Å². The molecule has 3 N–H and O–H groups in total. The number of aryl methyl sites for hydroxylation is 4. The molecule has 3 aromatic carbocycles. The molecule has 0 spiro atoms. The van der Waals surface area contributed by atoms with E-state index in [4.69, 9.17) is 0 Å². The van der Waals surface area contributed by atoms with Gasteiger partial charge in [0, 0.05) is 29.3 Å². The van der Waals surface area contributed by atoms with Gasteiger partial charge in [0.15, 0.2) is 0 Å². The third-order valence-corrected chi connectivity index (χ3v) is 7.85. The van der Waals surface area contributed by atoms with Gasteiger partial charge >= 0.3 is 5.69 Å². The van der Waals surface area contributed by atoms with Crippen LogP contribution in [-0.4, -0.2) is 52.5 Å². The van der Waals surface area contributed by atoms with Gasteiger partial charge in [-0.05, 0) is 122 Å². The first-order valence-electron chi connectivity index (χ1n) is 14.1. The van der Waals surface area contributed by atoms with Gasteiger partial charge in [-0.25, -0.2) is 13.2 Å². The highest BCUT2D eigenvalue weighted by Gasteiger charge is 2.16. The number of H-pyrrole nitrogens is 1. The molecule has 5 rings (SSSR count). The van der Waals surface area contributed by atoms with Crippen LogP contribution in [0.4, 0.5) is 5.69 Å². The number of hydrogen-bond donors (Lipinski definition) is 3. The molecule has 10 nitrogen and oxygen atoms in total. The van der Waals surface area contributed by atoms with Crippen LogP contribution >= 0.6 is 0 Å². The lowest BCUT2D eigenvalue weighted by atomic mass is 9.99. The van der Waals surface area contributed by atoms with E-state index in [9.17, 15) is 13.2 Å². The number of benzene rings is 3. The normalized spacial score (nSPS) is 11.8. The summed E-state index contributed by atoms with van der Waals surface area (Å²) >= 11 is 0. The van der Waals surface area contributed by atoms with Gasteiger partial charge in [-0.1, -0.05) is 29.3 Å². The Balaban J connectivity index is 1.26. The number of rotatable bonds is 12. The van der Waals surface area contributed by atoms with Crippen LogP contribution in [-0.2, 0) is 29.9 Å². The molecule has 0 atom stereocenters. The Labute approximate surface area is 245 Å². The van der Waals surface area contributed by atoms with Crippen molar-refractivity contribution in [3.05, 3.63) is 93.4 Å². The summed E-state index contributed by atoms with van der Waals surface area (Å²) in [4.78, 5) is 16.1. The van der Waals surface area contributed by atoms with E-state index in [1.165, 1.54) is 31.6 Å². The monoisotopic (exact) mass is 587 g/mol. The first kappa shape index (κ1) is 29.3. The van der Waals surface area contributed by atoms with Crippen molar-refractivity contribution in [3.63, 3.8) is 0 Å². The lowest BCUT2D eigenvalue weighted by Gasteiger charge is -2.10. The minimum Gasteiger partial charge on any atom is -0.354 e. The molecule has 0 unspecified atom stereocenters. The predicted octanol–water partition coefficient (Wildman–Crippen LogP) is 4.26. The Kier molecular flexibility index (Phi) is 8.60. The largest absolute Gasteiger partial charge is 0.368 e. The predicted molar refractivity (Wildman–Crippen MR) is 168 cm³/mol. The van der Waals surface area contributed by atoms with Gasteiger partial charge in [-0.15, -0.1) is 0 Å². The fourth-order valence-electron chi connectivity index (χ4n) is 5.34. The minimum absolute atomic E-state index is 0.288. The maximum atomic E-state index is 12.5. The summed E-state index contributed by atoms with van der Waals surface area (Å²) in [6.45, 7) is 5.93. The summed E-state index contributed by atoms with van der Waals surface area (Å²) in [5, 5.41) is 12.5. The number of aromatic amines is 1. The van der Waals surface area contributed by atoms with Crippen LogP contribution in [0.3, 0.4) is 0 Å². The summed E-state index contributed by atoms with van der Waals surface area (Å²) in [5.74, 6) is 0. The average molecular weight is 588 g/mol. The lowest BCUT2D eigenvalue weighted by molar-refractivity contribution is 0.607. The molecule has 0 fully saturated rings. The third kappa shape index (κ3) is 6.97. The fraction of sp³-hybridized carbons (Fsp3) is 0.323. The van der Waals surface area contributed by atoms with E-state index in [1.54, 1.807) is 19.2 Å². The summed E-state index contributed by atoms with van der Waals surface area (Å²) in [5.41, 5.74) is 9.03. The molecule has 11 heteroatoms. The topological polar surface area (TPSA) is 127 Å². The van der Waals surface area contributed by atoms with Gasteiger partial charge in [0.25, 0.3) is 0 Å². The molecular formula is C31H37N7O3S. The van der Waals surface area contributed by atoms with Crippen LogP contribution in [0.15, 0.2) is 65.5 Å². The van der Waals surface area contributed by atoms with Crippen molar-refractivity contribution in [2.24, 2.45) is 7.05 Å². The third-order valence-electron chi connectivity index (χ3n) is 7.24. The van der Waals surface area contributed by atoms with E-state index in [2.05, 4.69) is 57.5 Å². The molecule has 220 valence electrons. The fourth-order valence-corrected chi connectivity index (χ4v) is 5.90. The zero-order valence-electron chi connectivity index (χ0n) is 24.4. The summed E-state index contributed by atoms with van der Waals surface area (Å²) in [7, 11) is -1.68. The number of tetrazole rings is 1. The van der Waals surface area contributed by atoms with Crippen LogP contribution in [0.1, 0.15) is 35.1 Å². The first-order chi connectivity index (χ1) is 20.1. The molecule has 2 aromatic heterocycles. The van der Waals surface area contributed by atoms with Crippen LogP contribution in [0.2, 0.25) is 0 Å². The van der Waals surface area contributed by atoms with E-state index in [0.29, 0.717) is 11.4 Å². The quantitative estimate of drug-likeness (QED) is 0.187. The Morgan fingerprint density at radius 1 is 0.881 bits per heavy atom. The summed E-state index contributed by atoms with van der Waals surface area (Å²) < 4.78 is 27.8. The van der Waals surface area contributed by atoms with Crippen molar-refractivity contribution < 1.29 is 8.42 Å². The Hall–Kier alpha value is -4.22. The van der Waals surface area contributed by atoms with Gasteiger partial charge in [0.05, 0.1) is 11.9 Å². The van der Waals surface area contributed by atoms with E-state index in [0.717, 1.165) is 67.2 Å². The molecular weight excluding hydrogens is 550 g/mol. The SMILES string of the molecule is Cc1cc(C)cc(-c2[nH]c3ccc(-n4nnn(C)c4=O)cc3c2CCNCCCCc2ccc(NS(C)(=O)=O)cc2)c1. The van der Waals surface area contributed by atoms with Crippen molar-refractivity contribution >= 4 is 26.6 Å². The van der Waals surface area contributed by atoms with Gasteiger partial charge in [0.2, 0.25) is 10.0 Å². The molecule has 0 amide bonds. The van der Waals surface area contributed by atoms with Crippen LogP contribution in [0, 0.1) is 13.8 Å². The van der Waals surface area contributed by atoms with Crippen molar-refractivity contribution in [1.82, 2.24) is 30.1 Å². The molecule has 2 heterocycles. The van der Waals surface area contributed by atoms with Crippen molar-refractivity contribution in [3.8, 4) is 16.9 Å². The molecule has 42 heavy (non-hydrogen) atoms. The van der Waals surface area contributed by atoms with E-state index >= 15 is 0 Å². The number of aromatic nitrogens is 5. The molecule has 0 aliphatic heterocycles. The lowest BCUT2D eigenvalue weighted by Crippen LogP contribution is -2.21. The Morgan fingerprint density at radius 2 is 1.62 bits per heavy atom. The number of nitrogens with one attached hydrogen (secondary N) is 3. The van der Waals surface area contributed by atoms with Crippen molar-refractivity contribution in [1.29, 1.82) is 0 Å². The van der Waals surface area contributed by atoms with E-state index in [-0.39, 0.29) is 5.69 Å². The zero-order chi connectivity index (χ0) is 29.9. The number of nitrogens with zero attached hydrogens (tertiary/aromatic N) is 4. The Bertz CT molecular complexity index is 1850. The first-order valence-corrected chi connectivity index (χ1v) is 16.0. The molecule has 0 aliphatic carbocycles. The Morgan fingerprint density at radius 3 is 2.29 bits per heavy atom. The maximum absolute atomic E-state index is 12.5. The minimum atomic E-state index is -3.27. The van der Waals surface area contributed by atoms with Crippen LogP contribution < -0.4 is 15.7 Å². The highest BCUT2D eigenvalue weighted by molar-refractivity contribution is 7.92. The average Bonchev–Trinajstić information content (AvgIpc) is 3.46. The second-order valence-corrected chi connectivity index (χ2v) is 12.7.